The van der Waals surface area contributed by atoms with E-state index in [1.54, 1.807) is 13.8 Å². The van der Waals surface area contributed by atoms with Crippen molar-refractivity contribution in [2.75, 3.05) is 6.54 Å². The van der Waals surface area contributed by atoms with E-state index >= 15 is 0 Å². The van der Waals surface area contributed by atoms with Crippen molar-refractivity contribution >= 4 is 11.9 Å². The van der Waals surface area contributed by atoms with Crippen molar-refractivity contribution in [2.24, 2.45) is 5.41 Å². The summed E-state index contributed by atoms with van der Waals surface area (Å²) in [6, 6.07) is 1.94. The molecule has 0 fully saturated rings. The number of carboxylic acid groups (broad SMARTS) is 1. The van der Waals surface area contributed by atoms with Crippen molar-refractivity contribution in [3.05, 3.63) is 24.0 Å². The number of carbonyl (C=O) groups is 2. The molecular formula is C12H18N2O3. The Morgan fingerprint density at radius 3 is 2.71 bits per heavy atom. The lowest BCUT2D eigenvalue weighted by Gasteiger charge is -2.18. The lowest BCUT2D eigenvalue weighted by molar-refractivity contribution is -0.149. The maximum absolute atomic E-state index is 11.5. The van der Waals surface area contributed by atoms with Crippen LogP contribution in [-0.4, -0.2) is 28.5 Å². The molecule has 5 nitrogen and oxygen atoms in total. The first-order valence-corrected chi connectivity index (χ1v) is 5.53. The van der Waals surface area contributed by atoms with Crippen LogP contribution in [-0.2, 0) is 16.0 Å². The van der Waals surface area contributed by atoms with Gasteiger partial charge in [0.05, 0.1) is 5.41 Å². The van der Waals surface area contributed by atoms with Gasteiger partial charge in [0.15, 0.2) is 0 Å². The molecule has 0 radical (unpaired) electrons. The molecule has 1 heterocycles. The average Bonchev–Trinajstić information content (AvgIpc) is 2.69. The smallest absolute Gasteiger partial charge is 0.309 e. The van der Waals surface area contributed by atoms with Gasteiger partial charge in [-0.1, -0.05) is 0 Å². The number of aliphatic carboxylic acids is 1. The zero-order valence-electron chi connectivity index (χ0n) is 10.1. The van der Waals surface area contributed by atoms with Crippen LogP contribution >= 0.6 is 0 Å². The highest BCUT2D eigenvalue weighted by Crippen LogP contribution is 2.19. The minimum Gasteiger partial charge on any atom is -0.481 e. The molecule has 0 aliphatic rings. The number of H-pyrrole nitrogens is 1. The van der Waals surface area contributed by atoms with Crippen LogP contribution in [0, 0.1) is 5.41 Å². The summed E-state index contributed by atoms with van der Waals surface area (Å²) in [5.41, 5.74) is 0.0980. The molecule has 1 rings (SSSR count). The maximum atomic E-state index is 11.5. The molecule has 1 aromatic heterocycles. The van der Waals surface area contributed by atoms with Gasteiger partial charge in [-0.15, -0.1) is 0 Å². The van der Waals surface area contributed by atoms with Crippen LogP contribution in [0.3, 0.4) is 0 Å². The summed E-state index contributed by atoms with van der Waals surface area (Å²) in [7, 11) is 0. The minimum absolute atomic E-state index is 0.00449. The van der Waals surface area contributed by atoms with Crippen molar-refractivity contribution in [3.8, 4) is 0 Å². The molecule has 0 aliphatic carbocycles. The van der Waals surface area contributed by atoms with E-state index in [0.717, 1.165) is 12.0 Å². The van der Waals surface area contributed by atoms with Gasteiger partial charge in [0.25, 0.3) is 0 Å². The number of aromatic nitrogens is 1. The molecule has 1 amide bonds. The Balaban J connectivity index is 2.28. The molecule has 0 aromatic carbocycles. The topological polar surface area (TPSA) is 82.2 Å². The summed E-state index contributed by atoms with van der Waals surface area (Å²) in [6.45, 7) is 3.61. The van der Waals surface area contributed by atoms with Gasteiger partial charge in [-0.25, -0.2) is 0 Å². The molecule has 0 spiro atoms. The van der Waals surface area contributed by atoms with Crippen LogP contribution in [0.25, 0.3) is 0 Å². The van der Waals surface area contributed by atoms with Crippen LogP contribution in [0.2, 0.25) is 0 Å². The first kappa shape index (κ1) is 13.3. The SMILES string of the molecule is CC(C)(CC(=O)NCCc1cc[nH]c1)C(=O)O. The zero-order valence-corrected chi connectivity index (χ0v) is 10.1. The predicted octanol–water partition coefficient (Wildman–Crippen LogP) is 1.17. The monoisotopic (exact) mass is 238 g/mol. The van der Waals surface area contributed by atoms with Gasteiger partial charge >= 0.3 is 5.97 Å². The molecule has 0 unspecified atom stereocenters. The van der Waals surface area contributed by atoms with Crippen molar-refractivity contribution in [1.29, 1.82) is 0 Å². The molecule has 17 heavy (non-hydrogen) atoms. The second-order valence-electron chi connectivity index (χ2n) is 4.69. The van der Waals surface area contributed by atoms with E-state index in [2.05, 4.69) is 10.3 Å². The molecule has 0 bridgehead atoms. The second-order valence-corrected chi connectivity index (χ2v) is 4.69. The number of hydrogen-bond donors (Lipinski definition) is 3. The van der Waals surface area contributed by atoms with Gasteiger partial charge in [-0.2, -0.15) is 0 Å². The fourth-order valence-electron chi connectivity index (χ4n) is 1.40. The van der Waals surface area contributed by atoms with Crippen LogP contribution in [0.1, 0.15) is 25.8 Å². The number of carboxylic acids is 1. The number of rotatable bonds is 6. The fraction of sp³-hybridized carbons (Fsp3) is 0.500. The maximum Gasteiger partial charge on any atom is 0.309 e. The zero-order chi connectivity index (χ0) is 12.9. The largest absolute Gasteiger partial charge is 0.481 e. The summed E-state index contributed by atoms with van der Waals surface area (Å²) in [5, 5.41) is 11.6. The van der Waals surface area contributed by atoms with Crippen LogP contribution < -0.4 is 5.32 Å². The number of amides is 1. The normalized spacial score (nSPS) is 11.2. The summed E-state index contributed by atoms with van der Waals surface area (Å²) in [4.78, 5) is 25.3. The van der Waals surface area contributed by atoms with Crippen molar-refractivity contribution in [1.82, 2.24) is 10.3 Å². The van der Waals surface area contributed by atoms with Gasteiger partial charge in [0.2, 0.25) is 5.91 Å². The third kappa shape index (κ3) is 4.30. The lowest BCUT2D eigenvalue weighted by atomic mass is 9.89. The number of carbonyl (C=O) groups excluding carboxylic acids is 1. The Kier molecular flexibility index (Phi) is 4.31. The quantitative estimate of drug-likeness (QED) is 0.695. The van der Waals surface area contributed by atoms with E-state index < -0.39 is 11.4 Å². The molecule has 0 atom stereocenters. The summed E-state index contributed by atoms with van der Waals surface area (Å²) < 4.78 is 0. The number of nitrogens with one attached hydrogen (secondary N) is 2. The molecule has 0 saturated heterocycles. The Labute approximate surface area is 100 Å². The lowest BCUT2D eigenvalue weighted by Crippen LogP contribution is -2.34. The highest BCUT2D eigenvalue weighted by molar-refractivity contribution is 5.84. The van der Waals surface area contributed by atoms with Gasteiger partial charge < -0.3 is 15.4 Å². The molecule has 1 aromatic rings. The molecule has 94 valence electrons. The third-order valence-electron chi connectivity index (χ3n) is 2.58. The first-order chi connectivity index (χ1) is 7.92. The average molecular weight is 238 g/mol. The number of hydrogen-bond acceptors (Lipinski definition) is 2. The molecule has 3 N–H and O–H groups in total. The highest BCUT2D eigenvalue weighted by Gasteiger charge is 2.29. The van der Waals surface area contributed by atoms with Crippen molar-refractivity contribution in [3.63, 3.8) is 0 Å². The summed E-state index contributed by atoms with van der Waals surface area (Å²) >= 11 is 0. The molecule has 5 heteroatoms. The van der Waals surface area contributed by atoms with E-state index in [4.69, 9.17) is 5.11 Å². The highest BCUT2D eigenvalue weighted by atomic mass is 16.4. The second kappa shape index (κ2) is 5.52. The van der Waals surface area contributed by atoms with E-state index in [9.17, 15) is 9.59 Å². The Bertz CT molecular complexity index is 382. The van der Waals surface area contributed by atoms with E-state index in [1.165, 1.54) is 0 Å². The van der Waals surface area contributed by atoms with Crippen LogP contribution in [0.4, 0.5) is 0 Å². The fourth-order valence-corrected chi connectivity index (χ4v) is 1.40. The predicted molar refractivity (Wildman–Crippen MR) is 63.5 cm³/mol. The Morgan fingerprint density at radius 2 is 2.18 bits per heavy atom. The molecular weight excluding hydrogens is 220 g/mol. The molecule has 0 saturated carbocycles. The van der Waals surface area contributed by atoms with E-state index in [0.29, 0.717) is 6.54 Å². The van der Waals surface area contributed by atoms with E-state index in [-0.39, 0.29) is 12.3 Å². The van der Waals surface area contributed by atoms with Gasteiger partial charge in [-0.3, -0.25) is 9.59 Å². The van der Waals surface area contributed by atoms with Gasteiger partial charge in [-0.05, 0) is 31.9 Å². The third-order valence-corrected chi connectivity index (χ3v) is 2.58. The summed E-state index contributed by atoms with van der Waals surface area (Å²) in [6.07, 6.45) is 4.43. The van der Waals surface area contributed by atoms with Crippen LogP contribution in [0.5, 0.6) is 0 Å². The summed E-state index contributed by atoms with van der Waals surface area (Å²) in [5.74, 6) is -1.19. The number of aromatic amines is 1. The van der Waals surface area contributed by atoms with Gasteiger partial charge in [0, 0.05) is 25.4 Å². The van der Waals surface area contributed by atoms with Crippen molar-refractivity contribution < 1.29 is 14.7 Å². The van der Waals surface area contributed by atoms with Crippen molar-refractivity contribution in [2.45, 2.75) is 26.7 Å². The standard InChI is InChI=1S/C12H18N2O3/c1-12(2,11(16)17)7-10(15)14-6-4-9-3-5-13-8-9/h3,5,8,13H,4,6-7H2,1-2H3,(H,14,15)(H,16,17). The van der Waals surface area contributed by atoms with E-state index in [1.807, 2.05) is 18.5 Å². The first-order valence-electron chi connectivity index (χ1n) is 5.53. The Hall–Kier alpha value is -1.78. The van der Waals surface area contributed by atoms with Gasteiger partial charge in [0.1, 0.15) is 0 Å². The minimum atomic E-state index is -1.02. The Morgan fingerprint density at radius 1 is 1.47 bits per heavy atom. The molecule has 0 aliphatic heterocycles. The van der Waals surface area contributed by atoms with Crippen LogP contribution in [0.15, 0.2) is 18.5 Å².